The number of fused-ring (bicyclic) bond motifs is 1. The van der Waals surface area contributed by atoms with Crippen LogP contribution in [0.4, 0.5) is 0 Å². The number of amides is 1. The molecule has 12 nitrogen and oxygen atoms in total. The second-order valence-electron chi connectivity index (χ2n) is 7.15. The molecule has 0 radical (unpaired) electrons. The van der Waals surface area contributed by atoms with E-state index >= 15 is 0 Å². The molecule has 0 fully saturated rings. The Labute approximate surface area is 174 Å². The molecule has 1 amide bonds. The number of carbonyl (C=O) groups excluding carboxylic acids is 1. The Bertz CT molecular complexity index is 1410. The normalized spacial score (nSPS) is 12.4. The van der Waals surface area contributed by atoms with E-state index in [0.29, 0.717) is 11.3 Å². The average Bonchev–Trinajstić information content (AvgIpc) is 3.34. The molecule has 4 aromatic rings. The maximum atomic E-state index is 12.3. The van der Waals surface area contributed by atoms with Gasteiger partial charge in [0.25, 0.3) is 11.5 Å². The van der Waals surface area contributed by atoms with E-state index in [9.17, 15) is 19.5 Å². The summed E-state index contributed by atoms with van der Waals surface area (Å²) < 4.78 is 7.53. The summed E-state index contributed by atoms with van der Waals surface area (Å²) in [4.78, 5) is 36.8. The van der Waals surface area contributed by atoms with Crippen molar-refractivity contribution < 1.29 is 14.3 Å². The second-order valence-corrected chi connectivity index (χ2v) is 7.15. The molecule has 4 rings (SSSR count). The molecule has 31 heavy (non-hydrogen) atoms. The molecule has 160 valence electrons. The number of carbonyl (C=O) groups is 1. The van der Waals surface area contributed by atoms with Crippen LogP contribution in [-0.4, -0.2) is 40.4 Å². The van der Waals surface area contributed by atoms with Gasteiger partial charge in [-0.3, -0.25) is 18.7 Å². The standard InChI is InChI=1S/C19H19N7O5/c1-10-3-4-14-11(5-10)6-15(31-14)13(27)8-26-22-16(21-23-26)9-25-7-12(17(20)28)18(29)24(2)19(25)30/h3-7,13,27H,8-9H2,1-2H3,(H2,20,28)/t13-/m0/s1. The first-order chi connectivity index (χ1) is 14.7. The Balaban J connectivity index is 1.54. The van der Waals surface area contributed by atoms with Crippen molar-refractivity contribution in [3.63, 3.8) is 0 Å². The highest BCUT2D eigenvalue weighted by atomic mass is 16.4. The Kier molecular flexibility index (Phi) is 4.99. The van der Waals surface area contributed by atoms with Crippen molar-refractivity contribution in [1.29, 1.82) is 0 Å². The van der Waals surface area contributed by atoms with E-state index in [1.165, 1.54) is 11.8 Å². The molecule has 1 atom stereocenters. The third kappa shape index (κ3) is 3.88. The first kappa shape index (κ1) is 20.2. The SMILES string of the molecule is Cc1ccc2oc([C@@H](O)Cn3nnc(Cn4cc(C(N)=O)c(=O)n(C)c4=O)n3)cc2c1. The molecule has 0 bridgehead atoms. The minimum atomic E-state index is -1.02. The van der Waals surface area contributed by atoms with Gasteiger partial charge < -0.3 is 15.3 Å². The van der Waals surface area contributed by atoms with Crippen molar-refractivity contribution in [3.8, 4) is 0 Å². The van der Waals surface area contributed by atoms with E-state index in [0.717, 1.165) is 26.3 Å². The predicted octanol–water partition coefficient (Wildman–Crippen LogP) is -0.531. The van der Waals surface area contributed by atoms with Crippen LogP contribution in [-0.2, 0) is 20.1 Å². The Hall–Kier alpha value is -4.06. The zero-order valence-corrected chi connectivity index (χ0v) is 16.7. The highest BCUT2D eigenvalue weighted by Gasteiger charge is 2.18. The van der Waals surface area contributed by atoms with Gasteiger partial charge in [-0.1, -0.05) is 11.6 Å². The van der Waals surface area contributed by atoms with Gasteiger partial charge in [-0.15, -0.1) is 10.2 Å². The number of aromatic nitrogens is 6. The van der Waals surface area contributed by atoms with Gasteiger partial charge in [-0.25, -0.2) is 4.79 Å². The lowest BCUT2D eigenvalue weighted by molar-refractivity contribution is 0.0997. The number of tetrazole rings is 1. The zero-order valence-electron chi connectivity index (χ0n) is 16.7. The van der Waals surface area contributed by atoms with Crippen LogP contribution >= 0.6 is 0 Å². The van der Waals surface area contributed by atoms with Crippen molar-refractivity contribution in [3.05, 3.63) is 74.0 Å². The van der Waals surface area contributed by atoms with Gasteiger partial charge in [0, 0.05) is 18.6 Å². The van der Waals surface area contributed by atoms with E-state index in [-0.39, 0.29) is 24.5 Å². The summed E-state index contributed by atoms with van der Waals surface area (Å²) in [6, 6.07) is 7.45. The van der Waals surface area contributed by atoms with E-state index in [4.69, 9.17) is 10.2 Å². The van der Waals surface area contributed by atoms with Gasteiger partial charge in [0.1, 0.15) is 23.0 Å². The van der Waals surface area contributed by atoms with Gasteiger partial charge in [0.15, 0.2) is 5.82 Å². The lowest BCUT2D eigenvalue weighted by atomic mass is 10.2. The van der Waals surface area contributed by atoms with E-state index in [2.05, 4.69) is 15.4 Å². The summed E-state index contributed by atoms with van der Waals surface area (Å²) in [5.41, 5.74) is 5.15. The maximum Gasteiger partial charge on any atom is 0.331 e. The van der Waals surface area contributed by atoms with Crippen LogP contribution in [0.1, 0.15) is 33.6 Å². The molecule has 12 heteroatoms. The smallest absolute Gasteiger partial charge is 0.331 e. The Morgan fingerprint density at radius 3 is 2.81 bits per heavy atom. The third-order valence-corrected chi connectivity index (χ3v) is 4.78. The fraction of sp³-hybridized carbons (Fsp3) is 0.263. The predicted molar refractivity (Wildman–Crippen MR) is 107 cm³/mol. The minimum Gasteiger partial charge on any atom is -0.458 e. The minimum absolute atomic E-state index is 0.0273. The van der Waals surface area contributed by atoms with E-state index < -0.39 is 23.3 Å². The molecule has 0 saturated carbocycles. The number of rotatable bonds is 6. The third-order valence-electron chi connectivity index (χ3n) is 4.78. The molecule has 3 N–H and O–H groups in total. The van der Waals surface area contributed by atoms with Gasteiger partial charge in [-0.05, 0) is 30.3 Å². The topological polar surface area (TPSA) is 164 Å². The van der Waals surface area contributed by atoms with Gasteiger partial charge in [0.2, 0.25) is 0 Å². The van der Waals surface area contributed by atoms with Gasteiger partial charge in [-0.2, -0.15) is 4.80 Å². The number of nitrogens with two attached hydrogens (primary N) is 1. The number of hydrogen-bond donors (Lipinski definition) is 2. The van der Waals surface area contributed by atoms with Crippen LogP contribution in [0, 0.1) is 6.92 Å². The lowest BCUT2D eigenvalue weighted by Crippen LogP contribution is -2.42. The summed E-state index contributed by atoms with van der Waals surface area (Å²) in [5, 5.41) is 23.2. The molecule has 0 aliphatic heterocycles. The Morgan fingerprint density at radius 2 is 2.06 bits per heavy atom. The summed E-state index contributed by atoms with van der Waals surface area (Å²) in [7, 11) is 1.24. The maximum absolute atomic E-state index is 12.3. The Morgan fingerprint density at radius 1 is 1.29 bits per heavy atom. The fourth-order valence-electron chi connectivity index (χ4n) is 3.17. The summed E-state index contributed by atoms with van der Waals surface area (Å²) >= 11 is 0. The lowest BCUT2D eigenvalue weighted by Gasteiger charge is -2.07. The molecular formula is C19H19N7O5. The number of aliphatic hydroxyl groups excluding tert-OH is 1. The molecule has 3 heterocycles. The quantitative estimate of drug-likeness (QED) is 0.416. The molecule has 0 aliphatic carbocycles. The fourth-order valence-corrected chi connectivity index (χ4v) is 3.17. The number of hydrogen-bond acceptors (Lipinski definition) is 8. The second kappa shape index (κ2) is 7.65. The van der Waals surface area contributed by atoms with Crippen LogP contribution in [0.3, 0.4) is 0 Å². The number of aliphatic hydroxyl groups is 1. The molecule has 0 saturated heterocycles. The average molecular weight is 425 g/mol. The summed E-state index contributed by atoms with van der Waals surface area (Å²) in [6.07, 6.45) is 0.0513. The zero-order chi connectivity index (χ0) is 22.3. The number of nitrogens with zero attached hydrogens (tertiary/aromatic N) is 6. The van der Waals surface area contributed by atoms with E-state index in [1.807, 2.05) is 25.1 Å². The molecule has 0 aliphatic rings. The number of furan rings is 1. The molecular weight excluding hydrogens is 406 g/mol. The molecule has 3 aromatic heterocycles. The van der Waals surface area contributed by atoms with Crippen LogP contribution in [0.15, 0.2) is 44.5 Å². The summed E-state index contributed by atoms with van der Waals surface area (Å²) in [6.45, 7) is 1.79. The van der Waals surface area contributed by atoms with Crippen LogP contribution < -0.4 is 17.0 Å². The summed E-state index contributed by atoms with van der Waals surface area (Å²) in [5.74, 6) is -0.446. The van der Waals surface area contributed by atoms with Crippen molar-refractivity contribution in [2.24, 2.45) is 12.8 Å². The highest BCUT2D eigenvalue weighted by Crippen LogP contribution is 2.25. The van der Waals surface area contributed by atoms with Gasteiger partial charge >= 0.3 is 5.69 Å². The largest absolute Gasteiger partial charge is 0.458 e. The number of primary amides is 1. The molecule has 0 unspecified atom stereocenters. The van der Waals surface area contributed by atoms with Gasteiger partial charge in [0.05, 0.1) is 13.1 Å². The van der Waals surface area contributed by atoms with Crippen molar-refractivity contribution in [2.45, 2.75) is 26.1 Å². The van der Waals surface area contributed by atoms with Crippen molar-refractivity contribution >= 4 is 16.9 Å². The van der Waals surface area contributed by atoms with Crippen LogP contribution in [0.2, 0.25) is 0 Å². The molecule has 1 aromatic carbocycles. The van der Waals surface area contributed by atoms with Crippen molar-refractivity contribution in [1.82, 2.24) is 29.3 Å². The van der Waals surface area contributed by atoms with Crippen molar-refractivity contribution in [2.75, 3.05) is 0 Å². The highest BCUT2D eigenvalue weighted by molar-refractivity contribution is 5.92. The number of benzene rings is 1. The van der Waals surface area contributed by atoms with Crippen LogP contribution in [0.5, 0.6) is 0 Å². The number of aryl methyl sites for hydroxylation is 1. The van der Waals surface area contributed by atoms with E-state index in [1.54, 1.807) is 6.07 Å². The van der Waals surface area contributed by atoms with Crippen LogP contribution in [0.25, 0.3) is 11.0 Å². The monoisotopic (exact) mass is 425 g/mol. The first-order valence-electron chi connectivity index (χ1n) is 9.28. The first-order valence-corrected chi connectivity index (χ1v) is 9.28. The molecule has 0 spiro atoms.